The predicted molar refractivity (Wildman–Crippen MR) is 75.0 cm³/mol. The second-order valence-corrected chi connectivity index (χ2v) is 4.64. The molecule has 6 heteroatoms. The summed E-state index contributed by atoms with van der Waals surface area (Å²) in [4.78, 5) is 10.4. The fraction of sp³-hybridized carbons (Fsp3) is 0.357. The van der Waals surface area contributed by atoms with Crippen molar-refractivity contribution in [1.29, 1.82) is 0 Å². The summed E-state index contributed by atoms with van der Waals surface area (Å²) in [5, 5.41) is 24.6. The highest BCUT2D eigenvalue weighted by Crippen LogP contribution is 2.24. The largest absolute Gasteiger partial charge is 0.391 e. The van der Waals surface area contributed by atoms with Gasteiger partial charge in [-0.25, -0.2) is 4.68 Å². The van der Waals surface area contributed by atoms with Gasteiger partial charge < -0.3 is 5.11 Å². The molecule has 0 fully saturated rings. The van der Waals surface area contributed by atoms with Gasteiger partial charge in [0, 0.05) is 11.8 Å². The van der Waals surface area contributed by atoms with Crippen LogP contribution in [-0.2, 0) is 13.0 Å². The van der Waals surface area contributed by atoms with Gasteiger partial charge in [-0.1, -0.05) is 6.92 Å². The Bertz CT molecular complexity index is 662. The van der Waals surface area contributed by atoms with Gasteiger partial charge in [-0.15, -0.1) is 0 Å². The normalized spacial score (nSPS) is 10.8. The summed E-state index contributed by atoms with van der Waals surface area (Å²) < 4.78 is 1.76. The Balaban J connectivity index is 2.57. The Hall–Kier alpha value is -2.21. The number of rotatable bonds is 4. The van der Waals surface area contributed by atoms with Gasteiger partial charge in [-0.2, -0.15) is 5.10 Å². The predicted octanol–water partition coefficient (Wildman–Crippen LogP) is 2.45. The number of aryl methyl sites for hydroxylation is 1. The highest BCUT2D eigenvalue weighted by molar-refractivity contribution is 5.49. The van der Waals surface area contributed by atoms with Crippen LogP contribution in [0.5, 0.6) is 0 Å². The monoisotopic (exact) mass is 275 g/mol. The molecule has 0 spiro atoms. The summed E-state index contributed by atoms with van der Waals surface area (Å²) in [7, 11) is 0. The second-order valence-electron chi connectivity index (χ2n) is 4.64. The van der Waals surface area contributed by atoms with Gasteiger partial charge in [-0.05, 0) is 38.0 Å². The van der Waals surface area contributed by atoms with E-state index in [4.69, 9.17) is 0 Å². The first-order chi connectivity index (χ1) is 9.49. The first-order valence-corrected chi connectivity index (χ1v) is 6.43. The molecule has 0 aliphatic rings. The molecule has 0 atom stereocenters. The maximum absolute atomic E-state index is 10.9. The lowest BCUT2D eigenvalue weighted by Gasteiger charge is -2.07. The van der Waals surface area contributed by atoms with E-state index in [1.807, 2.05) is 13.8 Å². The highest BCUT2D eigenvalue weighted by Gasteiger charge is 2.16. The third kappa shape index (κ3) is 2.30. The summed E-state index contributed by atoms with van der Waals surface area (Å²) >= 11 is 0. The molecule has 6 nitrogen and oxygen atoms in total. The van der Waals surface area contributed by atoms with Crippen LogP contribution in [0.2, 0.25) is 0 Å². The van der Waals surface area contributed by atoms with Crippen LogP contribution >= 0.6 is 0 Å². The number of aliphatic hydroxyl groups excluding tert-OH is 1. The van der Waals surface area contributed by atoms with Crippen molar-refractivity contribution in [2.24, 2.45) is 0 Å². The van der Waals surface area contributed by atoms with Crippen LogP contribution in [0.3, 0.4) is 0 Å². The minimum absolute atomic E-state index is 0.0755. The van der Waals surface area contributed by atoms with Crippen molar-refractivity contribution in [3.05, 3.63) is 50.8 Å². The summed E-state index contributed by atoms with van der Waals surface area (Å²) in [5.41, 5.74) is 4.08. The van der Waals surface area contributed by atoms with Crippen LogP contribution in [0.25, 0.3) is 5.69 Å². The zero-order valence-electron chi connectivity index (χ0n) is 11.8. The van der Waals surface area contributed by atoms with Crippen LogP contribution < -0.4 is 0 Å². The number of aromatic nitrogens is 2. The van der Waals surface area contributed by atoms with E-state index in [0.717, 1.165) is 23.5 Å². The second kappa shape index (κ2) is 5.42. The highest BCUT2D eigenvalue weighted by atomic mass is 16.6. The van der Waals surface area contributed by atoms with Crippen molar-refractivity contribution in [1.82, 2.24) is 9.78 Å². The number of hydrogen-bond acceptors (Lipinski definition) is 4. The first-order valence-electron chi connectivity index (χ1n) is 6.43. The molecule has 106 valence electrons. The Kier molecular flexibility index (Phi) is 3.85. The third-order valence-corrected chi connectivity index (χ3v) is 3.47. The zero-order chi connectivity index (χ0) is 14.9. The van der Waals surface area contributed by atoms with Crippen molar-refractivity contribution < 1.29 is 10.0 Å². The lowest BCUT2D eigenvalue weighted by atomic mass is 10.1. The zero-order valence-corrected chi connectivity index (χ0v) is 11.8. The van der Waals surface area contributed by atoms with E-state index in [0.29, 0.717) is 0 Å². The molecule has 1 heterocycles. The van der Waals surface area contributed by atoms with Crippen molar-refractivity contribution in [2.75, 3.05) is 0 Å². The van der Waals surface area contributed by atoms with Crippen LogP contribution in [0.15, 0.2) is 18.2 Å². The fourth-order valence-corrected chi connectivity index (χ4v) is 2.45. The maximum Gasteiger partial charge on any atom is 0.275 e. The van der Waals surface area contributed by atoms with Crippen LogP contribution in [0.4, 0.5) is 5.69 Å². The Labute approximate surface area is 116 Å². The topological polar surface area (TPSA) is 81.2 Å². The minimum Gasteiger partial charge on any atom is -0.391 e. The standard InChI is InChI=1S/C14H17N3O3/c1-4-13-9(2)15-16(10(13)3)12-5-6-14(17(19)20)11(7-12)8-18/h5-7,18H,4,8H2,1-3H3. The summed E-state index contributed by atoms with van der Waals surface area (Å²) in [5.74, 6) is 0. The van der Waals surface area contributed by atoms with Crippen LogP contribution in [-0.4, -0.2) is 19.8 Å². The van der Waals surface area contributed by atoms with Gasteiger partial charge in [0.05, 0.1) is 28.5 Å². The fourth-order valence-electron chi connectivity index (χ4n) is 2.45. The summed E-state index contributed by atoms with van der Waals surface area (Å²) in [6, 6.07) is 4.66. The van der Waals surface area contributed by atoms with E-state index in [9.17, 15) is 15.2 Å². The van der Waals surface area contributed by atoms with E-state index in [1.165, 1.54) is 11.6 Å². The van der Waals surface area contributed by atoms with Gasteiger partial charge in [0.2, 0.25) is 0 Å². The molecule has 0 bridgehead atoms. The van der Waals surface area contributed by atoms with Gasteiger partial charge in [0.25, 0.3) is 5.69 Å². The molecule has 0 saturated carbocycles. The number of benzene rings is 1. The molecular weight excluding hydrogens is 258 g/mol. The van der Waals surface area contributed by atoms with E-state index < -0.39 is 4.92 Å². The average Bonchev–Trinajstić information content (AvgIpc) is 2.72. The summed E-state index contributed by atoms with van der Waals surface area (Å²) in [6.45, 7) is 5.61. The van der Waals surface area contributed by atoms with Crippen molar-refractivity contribution in [3.63, 3.8) is 0 Å². The van der Waals surface area contributed by atoms with Crippen LogP contribution in [0.1, 0.15) is 29.4 Å². The van der Waals surface area contributed by atoms with Crippen molar-refractivity contribution in [2.45, 2.75) is 33.8 Å². The van der Waals surface area contributed by atoms with E-state index >= 15 is 0 Å². The van der Waals surface area contributed by atoms with Crippen LogP contribution in [0, 0.1) is 24.0 Å². The third-order valence-electron chi connectivity index (χ3n) is 3.47. The SMILES string of the molecule is CCc1c(C)nn(-c2ccc([N+](=O)[O-])c(CO)c2)c1C. The Morgan fingerprint density at radius 3 is 2.60 bits per heavy atom. The van der Waals surface area contributed by atoms with Gasteiger partial charge in [0.15, 0.2) is 0 Å². The number of nitro groups is 1. The van der Waals surface area contributed by atoms with Crippen molar-refractivity contribution in [3.8, 4) is 5.69 Å². The maximum atomic E-state index is 10.9. The number of nitro benzene ring substituents is 1. The van der Waals surface area contributed by atoms with Gasteiger partial charge >= 0.3 is 0 Å². The molecule has 1 aromatic heterocycles. The lowest BCUT2D eigenvalue weighted by Crippen LogP contribution is -2.03. The molecule has 20 heavy (non-hydrogen) atoms. The summed E-state index contributed by atoms with van der Waals surface area (Å²) in [6.07, 6.45) is 0.886. The molecule has 1 N–H and O–H groups in total. The Morgan fingerprint density at radius 2 is 2.10 bits per heavy atom. The van der Waals surface area contributed by atoms with E-state index in [2.05, 4.69) is 12.0 Å². The van der Waals surface area contributed by atoms with E-state index in [-0.39, 0.29) is 17.9 Å². The Morgan fingerprint density at radius 1 is 1.40 bits per heavy atom. The molecule has 0 aliphatic carbocycles. The molecule has 0 radical (unpaired) electrons. The number of aliphatic hydroxyl groups is 1. The molecule has 0 unspecified atom stereocenters. The van der Waals surface area contributed by atoms with E-state index in [1.54, 1.807) is 16.8 Å². The number of hydrogen-bond donors (Lipinski definition) is 1. The molecule has 2 rings (SSSR count). The minimum atomic E-state index is -0.492. The van der Waals surface area contributed by atoms with Crippen molar-refractivity contribution >= 4 is 5.69 Å². The first kappa shape index (κ1) is 14.2. The quantitative estimate of drug-likeness (QED) is 0.686. The van der Waals surface area contributed by atoms with Gasteiger partial charge in [0.1, 0.15) is 0 Å². The average molecular weight is 275 g/mol. The molecule has 0 amide bonds. The number of nitrogens with zero attached hydrogens (tertiary/aromatic N) is 3. The van der Waals surface area contributed by atoms with Gasteiger partial charge in [-0.3, -0.25) is 10.1 Å². The molecule has 0 aliphatic heterocycles. The molecule has 0 saturated heterocycles. The molecular formula is C14H17N3O3. The smallest absolute Gasteiger partial charge is 0.275 e. The molecule has 1 aromatic carbocycles. The lowest BCUT2D eigenvalue weighted by molar-refractivity contribution is -0.385. The molecule has 2 aromatic rings.